The summed E-state index contributed by atoms with van der Waals surface area (Å²) in [6.07, 6.45) is 5.91. The van der Waals surface area contributed by atoms with E-state index in [1.54, 1.807) is 0 Å². The number of carbonyl (C=O) groups is 1. The van der Waals surface area contributed by atoms with E-state index in [0.29, 0.717) is 18.4 Å². The second-order valence-electron chi connectivity index (χ2n) is 12.2. The predicted molar refractivity (Wildman–Crippen MR) is 193 cm³/mol. The van der Waals surface area contributed by atoms with Crippen LogP contribution in [0.15, 0.2) is 89.9 Å². The molecule has 0 spiro atoms. The molecule has 0 bridgehead atoms. The van der Waals surface area contributed by atoms with Crippen molar-refractivity contribution in [2.24, 2.45) is 4.99 Å². The topological polar surface area (TPSA) is 29.4 Å². The van der Waals surface area contributed by atoms with Crippen LogP contribution >= 0.6 is 0 Å². The van der Waals surface area contributed by atoms with Gasteiger partial charge in [0.2, 0.25) is 0 Å². The van der Waals surface area contributed by atoms with Crippen LogP contribution in [0.4, 0.5) is 4.72 Å². The van der Waals surface area contributed by atoms with Crippen LogP contribution in [0.1, 0.15) is 126 Å². The van der Waals surface area contributed by atoms with E-state index >= 15 is 0 Å². The fourth-order valence-electron chi connectivity index (χ4n) is 6.28. The number of ketones is 1. The minimum absolute atomic E-state index is 0. The van der Waals surface area contributed by atoms with Crippen molar-refractivity contribution in [2.75, 3.05) is 0 Å². The second-order valence-corrected chi connectivity index (χ2v) is 12.2. The Morgan fingerprint density at radius 2 is 1.42 bits per heavy atom. The Morgan fingerprint density at radius 3 is 2.02 bits per heavy atom. The highest BCUT2D eigenvalue weighted by Crippen LogP contribution is 2.34. The number of aryl methyl sites for hydroxylation is 6. The number of hydrogen-bond acceptors (Lipinski definition) is 2. The summed E-state index contributed by atoms with van der Waals surface area (Å²) in [5.41, 5.74) is 14.2. The van der Waals surface area contributed by atoms with Crippen LogP contribution in [0, 0.1) is 27.7 Å². The smallest absolute Gasteiger partial charge is 0.269 e. The largest absolute Gasteiger partial charge is 0.294 e. The normalized spacial score (nSPS) is 14.4. The molecule has 0 aromatic heterocycles. The molecule has 0 radical (unpaired) electrons. The average molecular weight is 610 g/mol. The Balaban J connectivity index is 0.000000298. The van der Waals surface area contributed by atoms with E-state index < -0.39 is 0 Å². The molecule has 1 aliphatic rings. The molecule has 1 aliphatic heterocycles. The quantitative estimate of drug-likeness (QED) is 0.174. The molecule has 2 unspecified atom stereocenters. The molecule has 0 aliphatic carbocycles. The van der Waals surface area contributed by atoms with Gasteiger partial charge in [-0.15, -0.1) is 0 Å². The van der Waals surface area contributed by atoms with Crippen LogP contribution in [0.2, 0.25) is 0 Å². The molecule has 0 N–H and O–H groups in total. The lowest BCUT2D eigenvalue weighted by atomic mass is 9.89. The highest BCUT2D eigenvalue weighted by molar-refractivity contribution is 6.03. The highest BCUT2D eigenvalue weighted by Gasteiger charge is 2.22. The Labute approximate surface area is 273 Å². The van der Waals surface area contributed by atoms with Gasteiger partial charge in [-0.1, -0.05) is 113 Å². The van der Waals surface area contributed by atoms with Crippen molar-refractivity contribution in [1.82, 2.24) is 0 Å². The van der Waals surface area contributed by atoms with Gasteiger partial charge in [0.25, 0.3) is 1.45 Å². The molecule has 2 nitrogen and oxygen atoms in total. The average Bonchev–Trinajstić information content (AvgIpc) is 3.54. The highest BCUT2D eigenvalue weighted by atomic mass is 19.0. The summed E-state index contributed by atoms with van der Waals surface area (Å²) in [6.45, 7) is 15.2. The Morgan fingerprint density at radius 1 is 0.822 bits per heavy atom. The summed E-state index contributed by atoms with van der Waals surface area (Å²) in [7, 11) is 0. The molecular weight excluding hydrogens is 553 g/mol. The monoisotopic (exact) mass is 609 g/mol. The molecule has 0 fully saturated rings. The minimum Gasteiger partial charge on any atom is -0.294 e. The number of hydrogen-bond donors (Lipinski definition) is 0. The van der Waals surface area contributed by atoms with E-state index in [-0.39, 0.29) is 13.2 Å². The summed E-state index contributed by atoms with van der Waals surface area (Å²) in [6, 6.07) is 30.3. The van der Waals surface area contributed by atoms with Gasteiger partial charge in [0.15, 0.2) is 5.78 Å². The van der Waals surface area contributed by atoms with Crippen LogP contribution in [0.5, 0.6) is 0 Å². The van der Waals surface area contributed by atoms with Gasteiger partial charge in [-0.25, -0.2) is 0 Å². The maximum atomic E-state index is 12.4. The van der Waals surface area contributed by atoms with Crippen LogP contribution in [-0.4, -0.2) is 12.9 Å². The fourth-order valence-corrected chi connectivity index (χ4v) is 6.28. The molecule has 2 atom stereocenters. The van der Waals surface area contributed by atoms with Gasteiger partial charge in [0.1, 0.15) is 0 Å². The fraction of sp³-hybridized carbons (Fsp3) is 0.381. The first-order valence-corrected chi connectivity index (χ1v) is 16.1. The second kappa shape index (κ2) is 17.6. The van der Waals surface area contributed by atoms with Gasteiger partial charge in [0, 0.05) is 17.7 Å². The predicted octanol–water partition coefficient (Wildman–Crippen LogP) is 11.6. The molecule has 0 saturated heterocycles. The number of Topliss-reactive ketones (excluding diaryl/α,β-unsaturated/α-hetero) is 1. The number of rotatable bonds is 9. The zero-order valence-corrected chi connectivity index (χ0v) is 27.7. The zero-order valence-electron chi connectivity index (χ0n) is 28.7. The Kier molecular flexibility index (Phi) is 13.9. The van der Waals surface area contributed by atoms with Crippen molar-refractivity contribution >= 4 is 11.5 Å². The number of halogens is 1. The molecular formula is C42H54FNO. The summed E-state index contributed by atoms with van der Waals surface area (Å²) < 4.78 is 13.0. The van der Waals surface area contributed by atoms with Crippen molar-refractivity contribution in [2.45, 2.75) is 106 Å². The number of aliphatic imine (C=N–C) groups is 1. The molecule has 0 saturated carbocycles. The maximum Gasteiger partial charge on any atom is 0.269 e. The van der Waals surface area contributed by atoms with Crippen molar-refractivity contribution in [3.63, 3.8) is 0 Å². The minimum atomic E-state index is 0. The molecule has 5 rings (SSSR count). The molecule has 4 aromatic carbocycles. The third-order valence-electron chi connectivity index (χ3n) is 9.05. The summed E-state index contributed by atoms with van der Waals surface area (Å²) >= 11 is 0. The van der Waals surface area contributed by atoms with E-state index in [9.17, 15) is 4.79 Å². The Hall–Kier alpha value is -3.85. The van der Waals surface area contributed by atoms with Gasteiger partial charge in [-0.05, 0) is 116 Å². The number of carbonyl (C=O) groups excluding carboxylic acids is 1. The third-order valence-corrected chi connectivity index (χ3v) is 9.05. The lowest BCUT2D eigenvalue weighted by Gasteiger charge is -2.15. The van der Waals surface area contributed by atoms with Gasteiger partial charge >= 0.3 is 0 Å². The summed E-state index contributed by atoms with van der Waals surface area (Å²) in [5.74, 6) is 0.673. The first kappa shape index (κ1) is 35.6. The van der Waals surface area contributed by atoms with Gasteiger partial charge in [0.05, 0.1) is 6.04 Å². The van der Waals surface area contributed by atoms with Crippen molar-refractivity contribution < 1.29 is 9.51 Å². The standard InChI is InChI=1S/C21H26O.C20H23N.CH4.FH/c1-5-18-11-12-19(17(4)14-18)16(3)10-13-21(22)20-9-7-6-8-15(20)2;1-4-16-9-10-18(15(3)13-16)20-12-11-19(21-20)17-8-6-5-7-14(17)2;;/h6-9,11-12,14,16H,5,10,13H2,1-4H3;5-10,13,20H,4,11-12H2,1-3H3;1H4;1H/i/hT. The third kappa shape index (κ3) is 9.57. The number of benzene rings is 4. The number of nitrogens with zero attached hydrogens (tertiary/aromatic N) is 1. The van der Waals surface area contributed by atoms with Crippen LogP contribution in [0.3, 0.4) is 0 Å². The summed E-state index contributed by atoms with van der Waals surface area (Å²) in [5, 5.41) is 0. The van der Waals surface area contributed by atoms with E-state index in [1.807, 2.05) is 31.2 Å². The van der Waals surface area contributed by atoms with Crippen molar-refractivity contribution in [1.29, 1.82) is 1.45 Å². The van der Waals surface area contributed by atoms with E-state index in [4.69, 9.17) is 9.71 Å². The maximum absolute atomic E-state index is 12.4. The first-order chi connectivity index (χ1) is 21.7. The first-order valence-electron chi connectivity index (χ1n) is 16.5. The van der Waals surface area contributed by atoms with Crippen LogP contribution in [-0.2, 0) is 12.8 Å². The molecule has 45 heavy (non-hydrogen) atoms. The molecule has 4 aromatic rings. The lowest BCUT2D eigenvalue weighted by molar-refractivity contribution is 0.0977. The van der Waals surface area contributed by atoms with Gasteiger partial charge < -0.3 is 0 Å². The van der Waals surface area contributed by atoms with Gasteiger partial charge in [-0.2, -0.15) is 0 Å². The Bertz CT molecular complexity index is 1590. The van der Waals surface area contributed by atoms with E-state index in [2.05, 4.69) is 104 Å². The van der Waals surface area contributed by atoms with Crippen molar-refractivity contribution in [3.05, 3.63) is 141 Å². The molecule has 1 heterocycles. The summed E-state index contributed by atoms with van der Waals surface area (Å²) in [4.78, 5) is 17.4. The van der Waals surface area contributed by atoms with Crippen molar-refractivity contribution in [3.8, 4) is 0 Å². The van der Waals surface area contributed by atoms with E-state index in [1.165, 1.54) is 50.2 Å². The SMILES string of the molecule is C.CCc1ccc(C(C)CCC(=O)c2ccccc2C)c(C)c1.CCc1ccc(C2CCC(c3ccccc3C)=N2)c(C)c1.[3H]F. The molecule has 240 valence electrons. The van der Waals surface area contributed by atoms with Crippen LogP contribution in [0.25, 0.3) is 0 Å². The zero-order chi connectivity index (χ0) is 32.9. The molecule has 0 amide bonds. The van der Waals surface area contributed by atoms with Gasteiger partial charge in [-0.3, -0.25) is 14.5 Å². The lowest BCUT2D eigenvalue weighted by Crippen LogP contribution is -2.05. The van der Waals surface area contributed by atoms with E-state index in [0.717, 1.165) is 43.2 Å². The molecule has 3 heteroatoms. The van der Waals surface area contributed by atoms with Crippen LogP contribution < -0.4 is 0 Å².